The summed E-state index contributed by atoms with van der Waals surface area (Å²) >= 11 is 0. The summed E-state index contributed by atoms with van der Waals surface area (Å²) in [5, 5.41) is 3.48. The molecule has 5 rings (SSSR count). The van der Waals surface area contributed by atoms with E-state index in [2.05, 4.69) is 43.3 Å². The number of aromatic nitrogens is 2. The number of anilines is 1. The fourth-order valence-corrected chi connectivity index (χ4v) is 4.36. The van der Waals surface area contributed by atoms with Crippen molar-refractivity contribution in [1.29, 1.82) is 0 Å². The maximum atomic E-state index is 5.99. The number of nitrogens with one attached hydrogen (secondary N) is 1. The second-order valence-electron chi connectivity index (χ2n) is 8.37. The summed E-state index contributed by atoms with van der Waals surface area (Å²) < 4.78 is 22.5. The summed E-state index contributed by atoms with van der Waals surface area (Å²) in [5.74, 6) is 2.28. The van der Waals surface area contributed by atoms with Crippen molar-refractivity contribution in [2.24, 2.45) is 0 Å². The lowest BCUT2D eigenvalue weighted by molar-refractivity contribution is -0.0262. The average molecular weight is 454 g/mol. The van der Waals surface area contributed by atoms with Crippen LogP contribution in [0.5, 0.6) is 17.2 Å². The van der Waals surface area contributed by atoms with E-state index in [0.29, 0.717) is 19.8 Å². The Hall–Kier alpha value is -2.88. The minimum Gasteiger partial charge on any atom is -0.495 e. The third kappa shape index (κ3) is 5.38. The van der Waals surface area contributed by atoms with Crippen molar-refractivity contribution in [1.82, 2.24) is 20.2 Å². The van der Waals surface area contributed by atoms with Gasteiger partial charge in [0.15, 0.2) is 11.5 Å². The summed E-state index contributed by atoms with van der Waals surface area (Å²) in [7, 11) is 1.68. The van der Waals surface area contributed by atoms with Crippen molar-refractivity contribution >= 4 is 11.8 Å². The van der Waals surface area contributed by atoms with Crippen molar-refractivity contribution in [2.75, 3.05) is 71.1 Å². The van der Waals surface area contributed by atoms with Gasteiger partial charge < -0.3 is 29.2 Å². The van der Waals surface area contributed by atoms with Crippen molar-refractivity contribution in [3.8, 4) is 17.2 Å². The second kappa shape index (κ2) is 10.4. The van der Waals surface area contributed by atoms with Crippen LogP contribution < -0.4 is 24.4 Å². The molecular formula is C24H31N5O4. The van der Waals surface area contributed by atoms with Crippen molar-refractivity contribution in [2.45, 2.75) is 12.6 Å². The van der Waals surface area contributed by atoms with Gasteiger partial charge in [-0.05, 0) is 6.08 Å². The number of methoxy groups -OCH3 is 1. The molecule has 176 valence electrons. The molecule has 5 heterocycles. The Labute approximate surface area is 194 Å². The Morgan fingerprint density at radius 1 is 1.09 bits per heavy atom. The van der Waals surface area contributed by atoms with Crippen LogP contribution in [0.3, 0.4) is 0 Å². The summed E-state index contributed by atoms with van der Waals surface area (Å²) in [6.45, 7) is 8.03. The monoisotopic (exact) mass is 453 g/mol. The Kier molecular flexibility index (Phi) is 6.89. The smallest absolute Gasteiger partial charge is 0.179 e. The van der Waals surface area contributed by atoms with E-state index in [-0.39, 0.29) is 6.10 Å². The molecular weight excluding hydrogens is 422 g/mol. The number of ether oxygens (including phenoxy) is 4. The maximum absolute atomic E-state index is 5.99. The first-order valence-electron chi connectivity index (χ1n) is 11.5. The van der Waals surface area contributed by atoms with E-state index < -0.39 is 0 Å². The second-order valence-corrected chi connectivity index (χ2v) is 8.37. The van der Waals surface area contributed by atoms with E-state index in [1.165, 1.54) is 0 Å². The molecule has 3 aliphatic heterocycles. The van der Waals surface area contributed by atoms with Crippen LogP contribution in [-0.2, 0) is 11.3 Å². The van der Waals surface area contributed by atoms with Crippen LogP contribution in [0.15, 0.2) is 30.6 Å². The van der Waals surface area contributed by atoms with Gasteiger partial charge in [-0.3, -0.25) is 14.9 Å². The van der Waals surface area contributed by atoms with E-state index in [4.69, 9.17) is 18.9 Å². The van der Waals surface area contributed by atoms with Crippen LogP contribution in [-0.4, -0.2) is 87.2 Å². The zero-order chi connectivity index (χ0) is 22.5. The van der Waals surface area contributed by atoms with Gasteiger partial charge in [0.05, 0.1) is 49.3 Å². The highest BCUT2D eigenvalue weighted by atomic mass is 16.6. The Morgan fingerprint density at radius 2 is 2.00 bits per heavy atom. The molecule has 0 aliphatic carbocycles. The number of morpholine rings is 1. The summed E-state index contributed by atoms with van der Waals surface area (Å²) in [6, 6.07) is 4.02. The molecule has 9 nitrogen and oxygen atoms in total. The molecule has 33 heavy (non-hydrogen) atoms. The van der Waals surface area contributed by atoms with Crippen molar-refractivity contribution < 1.29 is 18.9 Å². The zero-order valence-corrected chi connectivity index (χ0v) is 19.0. The van der Waals surface area contributed by atoms with Gasteiger partial charge in [0.25, 0.3) is 0 Å². The quantitative estimate of drug-likeness (QED) is 0.641. The molecule has 0 aromatic carbocycles. The van der Waals surface area contributed by atoms with Crippen LogP contribution in [0.1, 0.15) is 11.4 Å². The molecule has 1 saturated heterocycles. The summed E-state index contributed by atoms with van der Waals surface area (Å²) in [4.78, 5) is 13.8. The third-order valence-electron chi connectivity index (χ3n) is 6.12. The van der Waals surface area contributed by atoms with Crippen LogP contribution in [0.25, 0.3) is 6.08 Å². The number of hydrogen-bond donors (Lipinski definition) is 1. The number of fused-ring (bicyclic) bond motifs is 2. The molecule has 0 radical (unpaired) electrons. The van der Waals surface area contributed by atoms with Gasteiger partial charge in [-0.1, -0.05) is 6.08 Å². The van der Waals surface area contributed by atoms with Crippen LogP contribution in [0.4, 0.5) is 5.69 Å². The summed E-state index contributed by atoms with van der Waals surface area (Å²) in [5.41, 5.74) is 3.07. The molecule has 0 spiro atoms. The Balaban J connectivity index is 1.09. The maximum Gasteiger partial charge on any atom is 0.179 e. The van der Waals surface area contributed by atoms with Gasteiger partial charge in [-0.25, -0.2) is 0 Å². The molecule has 2 aromatic heterocycles. The minimum atomic E-state index is 0.159. The van der Waals surface area contributed by atoms with E-state index in [1.807, 2.05) is 6.07 Å². The highest BCUT2D eigenvalue weighted by molar-refractivity contribution is 5.69. The molecule has 0 amide bonds. The molecule has 9 heteroatoms. The predicted molar refractivity (Wildman–Crippen MR) is 125 cm³/mol. The van der Waals surface area contributed by atoms with Gasteiger partial charge in [0.1, 0.15) is 19.0 Å². The number of nitrogens with zero attached hydrogens (tertiary/aromatic N) is 4. The van der Waals surface area contributed by atoms with Gasteiger partial charge in [0.2, 0.25) is 0 Å². The van der Waals surface area contributed by atoms with Crippen LogP contribution in [0.2, 0.25) is 0 Å². The predicted octanol–water partition coefficient (Wildman–Crippen LogP) is 1.58. The number of rotatable bonds is 8. The lowest BCUT2D eigenvalue weighted by Gasteiger charge is -2.35. The molecule has 0 saturated carbocycles. The molecule has 1 N–H and O–H groups in total. The van der Waals surface area contributed by atoms with Crippen molar-refractivity contribution in [3.63, 3.8) is 0 Å². The zero-order valence-electron chi connectivity index (χ0n) is 19.0. The Morgan fingerprint density at radius 3 is 2.91 bits per heavy atom. The molecule has 1 fully saturated rings. The summed E-state index contributed by atoms with van der Waals surface area (Å²) in [6.07, 6.45) is 7.92. The minimum absolute atomic E-state index is 0.159. The van der Waals surface area contributed by atoms with Gasteiger partial charge >= 0.3 is 0 Å². The number of hydrogen-bond acceptors (Lipinski definition) is 9. The fraction of sp³-hybridized carbons (Fsp3) is 0.500. The average Bonchev–Trinajstić information content (AvgIpc) is 2.87. The first-order chi connectivity index (χ1) is 16.3. The molecule has 3 aliphatic rings. The van der Waals surface area contributed by atoms with Crippen LogP contribution >= 0.6 is 0 Å². The van der Waals surface area contributed by atoms with Gasteiger partial charge in [-0.2, -0.15) is 0 Å². The molecule has 0 unspecified atom stereocenters. The highest BCUT2D eigenvalue weighted by Crippen LogP contribution is 2.29. The SMILES string of the molecule is COc1cnc2c(c1)N(CCN1CCO[C@@H](CNCc3cc4c(cn3)OCCO4)C1)CC=C2. The lowest BCUT2D eigenvalue weighted by Crippen LogP contribution is -2.48. The van der Waals surface area contributed by atoms with Gasteiger partial charge in [0, 0.05) is 57.9 Å². The van der Waals surface area contributed by atoms with E-state index in [1.54, 1.807) is 19.5 Å². The Bertz CT molecular complexity index is 985. The largest absolute Gasteiger partial charge is 0.495 e. The standard InChI is InChI=1S/C24H31N5O4/c1-30-19-12-22-21(27-15-19)3-2-4-29(22)6-5-28-7-8-31-20(17-28)14-25-13-18-11-23-24(16-26-18)33-10-9-32-23/h2-3,11-12,15-16,20,25H,4-10,13-14,17H2,1H3/t20-/m0/s1. The van der Waals surface area contributed by atoms with E-state index >= 15 is 0 Å². The van der Waals surface area contributed by atoms with Gasteiger partial charge in [-0.15, -0.1) is 0 Å². The third-order valence-corrected chi connectivity index (χ3v) is 6.12. The van der Waals surface area contributed by atoms with Crippen LogP contribution in [0, 0.1) is 0 Å². The molecule has 0 bridgehead atoms. The van der Waals surface area contributed by atoms with Crippen molar-refractivity contribution in [3.05, 3.63) is 42.0 Å². The van der Waals surface area contributed by atoms with E-state index in [9.17, 15) is 0 Å². The topological polar surface area (TPSA) is 81.2 Å². The number of pyridine rings is 2. The molecule has 2 aromatic rings. The first kappa shape index (κ1) is 21.9. The lowest BCUT2D eigenvalue weighted by atomic mass is 10.1. The van der Waals surface area contributed by atoms with E-state index in [0.717, 1.165) is 80.2 Å². The highest BCUT2D eigenvalue weighted by Gasteiger charge is 2.22. The molecule has 1 atom stereocenters. The first-order valence-corrected chi connectivity index (χ1v) is 11.5. The fourth-order valence-electron chi connectivity index (χ4n) is 4.36. The normalized spacial score (nSPS) is 19.9.